The standard InChI is InChI=1S/C22H29NO2/c24-20(21-13-16-10-17(14-21)12-18(11-16)15-21)25-22(6-8-23-9-7-22)19-4-2-1-3-5-19/h1-5,16-18,23H,6-15H2. The second-order valence-corrected chi connectivity index (χ2v) is 9.20. The fraction of sp³-hybridized carbons (Fsp3) is 0.682. The van der Waals surface area contributed by atoms with Gasteiger partial charge in [-0.15, -0.1) is 0 Å². The van der Waals surface area contributed by atoms with E-state index in [2.05, 4.69) is 29.6 Å². The van der Waals surface area contributed by atoms with Crippen molar-refractivity contribution in [2.45, 2.75) is 57.0 Å². The van der Waals surface area contributed by atoms with Gasteiger partial charge in [0.15, 0.2) is 0 Å². The van der Waals surface area contributed by atoms with Gasteiger partial charge in [0, 0.05) is 12.8 Å². The maximum absolute atomic E-state index is 13.5. The van der Waals surface area contributed by atoms with Crippen LogP contribution in [0.3, 0.4) is 0 Å². The first-order valence-corrected chi connectivity index (χ1v) is 10.2. The van der Waals surface area contributed by atoms with Crippen molar-refractivity contribution in [3.63, 3.8) is 0 Å². The van der Waals surface area contributed by atoms with Crippen molar-refractivity contribution in [3.8, 4) is 0 Å². The topological polar surface area (TPSA) is 38.3 Å². The second-order valence-electron chi connectivity index (χ2n) is 9.20. The van der Waals surface area contributed by atoms with Crippen LogP contribution in [0, 0.1) is 23.2 Å². The van der Waals surface area contributed by atoms with Crippen molar-refractivity contribution in [2.24, 2.45) is 23.2 Å². The van der Waals surface area contributed by atoms with Gasteiger partial charge in [-0.2, -0.15) is 0 Å². The highest BCUT2D eigenvalue weighted by Crippen LogP contribution is 2.61. The predicted octanol–water partition coefficient (Wildman–Crippen LogP) is 4.02. The summed E-state index contributed by atoms with van der Waals surface area (Å²) < 4.78 is 6.47. The van der Waals surface area contributed by atoms with Gasteiger partial charge in [-0.25, -0.2) is 0 Å². The van der Waals surface area contributed by atoms with Crippen molar-refractivity contribution < 1.29 is 9.53 Å². The van der Waals surface area contributed by atoms with E-state index in [0.717, 1.165) is 62.9 Å². The number of carbonyl (C=O) groups is 1. The normalized spacial score (nSPS) is 38.5. The molecule has 3 nitrogen and oxygen atoms in total. The van der Waals surface area contributed by atoms with Crippen LogP contribution < -0.4 is 5.32 Å². The Morgan fingerprint density at radius 1 is 0.920 bits per heavy atom. The first-order valence-electron chi connectivity index (χ1n) is 10.2. The molecule has 0 unspecified atom stereocenters. The van der Waals surface area contributed by atoms with Crippen LogP contribution in [0.2, 0.25) is 0 Å². The molecule has 1 N–H and O–H groups in total. The maximum Gasteiger partial charge on any atom is 0.312 e. The van der Waals surface area contributed by atoms with Crippen molar-refractivity contribution in [3.05, 3.63) is 35.9 Å². The zero-order valence-corrected chi connectivity index (χ0v) is 15.0. The number of hydrogen-bond donors (Lipinski definition) is 1. The van der Waals surface area contributed by atoms with Crippen LogP contribution in [0.5, 0.6) is 0 Å². The number of esters is 1. The molecule has 0 aromatic heterocycles. The van der Waals surface area contributed by atoms with E-state index in [1.807, 2.05) is 6.07 Å². The van der Waals surface area contributed by atoms with E-state index < -0.39 is 5.60 Å². The Morgan fingerprint density at radius 3 is 2.04 bits per heavy atom. The molecule has 4 bridgehead atoms. The lowest BCUT2D eigenvalue weighted by molar-refractivity contribution is -0.191. The smallest absolute Gasteiger partial charge is 0.312 e. The molecule has 25 heavy (non-hydrogen) atoms. The summed E-state index contributed by atoms with van der Waals surface area (Å²) in [4.78, 5) is 13.5. The van der Waals surface area contributed by atoms with Crippen molar-refractivity contribution in [1.82, 2.24) is 5.32 Å². The van der Waals surface area contributed by atoms with Gasteiger partial charge in [0.2, 0.25) is 0 Å². The number of hydrogen-bond acceptors (Lipinski definition) is 3. The average molecular weight is 339 g/mol. The Balaban J connectivity index is 1.43. The Bertz CT molecular complexity index is 612. The summed E-state index contributed by atoms with van der Waals surface area (Å²) in [5.41, 5.74) is 0.587. The van der Waals surface area contributed by atoms with Crippen molar-refractivity contribution >= 4 is 5.97 Å². The molecule has 0 radical (unpaired) electrons. The molecule has 1 aromatic carbocycles. The van der Waals surface area contributed by atoms with Gasteiger partial charge in [-0.1, -0.05) is 30.3 Å². The minimum Gasteiger partial charge on any atom is -0.454 e. The summed E-state index contributed by atoms with van der Waals surface area (Å²) in [5.74, 6) is 2.45. The predicted molar refractivity (Wildman–Crippen MR) is 96.9 cm³/mol. The van der Waals surface area contributed by atoms with Gasteiger partial charge in [0.1, 0.15) is 5.60 Å². The molecule has 1 heterocycles. The van der Waals surface area contributed by atoms with Gasteiger partial charge in [0.25, 0.3) is 0 Å². The van der Waals surface area contributed by atoms with Crippen LogP contribution >= 0.6 is 0 Å². The summed E-state index contributed by atoms with van der Waals surface area (Å²) in [5, 5.41) is 3.43. The SMILES string of the molecule is O=C(OC1(c2ccccc2)CCNCC1)C12CC3CC(CC(C3)C1)C2. The Kier molecular flexibility index (Phi) is 3.70. The first kappa shape index (κ1) is 15.9. The number of ether oxygens (including phenoxy) is 1. The fourth-order valence-corrected chi connectivity index (χ4v) is 6.67. The van der Waals surface area contributed by atoms with E-state index >= 15 is 0 Å². The molecule has 0 spiro atoms. The van der Waals surface area contributed by atoms with E-state index in [1.54, 1.807) is 0 Å². The number of piperidine rings is 1. The molecule has 1 aliphatic heterocycles. The number of rotatable bonds is 3. The van der Waals surface area contributed by atoms with Gasteiger partial charge in [-0.05, 0) is 74.9 Å². The molecule has 1 saturated heterocycles. The molecular formula is C22H29NO2. The van der Waals surface area contributed by atoms with Crippen LogP contribution in [-0.2, 0) is 15.1 Å². The van der Waals surface area contributed by atoms with Crippen LogP contribution in [-0.4, -0.2) is 19.1 Å². The molecule has 4 saturated carbocycles. The van der Waals surface area contributed by atoms with Crippen molar-refractivity contribution in [1.29, 1.82) is 0 Å². The third kappa shape index (κ3) is 2.63. The van der Waals surface area contributed by atoms with E-state index in [-0.39, 0.29) is 11.4 Å². The molecule has 6 rings (SSSR count). The monoisotopic (exact) mass is 339 g/mol. The van der Waals surface area contributed by atoms with Crippen molar-refractivity contribution in [2.75, 3.05) is 13.1 Å². The van der Waals surface area contributed by atoms with Gasteiger partial charge >= 0.3 is 5.97 Å². The summed E-state index contributed by atoms with van der Waals surface area (Å²) in [6.07, 6.45) is 9.11. The summed E-state index contributed by atoms with van der Waals surface area (Å²) >= 11 is 0. The molecule has 5 aliphatic rings. The molecule has 4 aliphatic carbocycles. The molecular weight excluding hydrogens is 310 g/mol. The largest absolute Gasteiger partial charge is 0.454 e. The van der Waals surface area contributed by atoms with Gasteiger partial charge < -0.3 is 10.1 Å². The zero-order valence-electron chi connectivity index (χ0n) is 15.0. The molecule has 3 heteroatoms. The van der Waals surface area contributed by atoms with Crippen LogP contribution in [0.4, 0.5) is 0 Å². The number of carbonyl (C=O) groups excluding carboxylic acids is 1. The second kappa shape index (κ2) is 5.84. The highest BCUT2D eigenvalue weighted by Gasteiger charge is 2.56. The first-order chi connectivity index (χ1) is 12.2. The molecule has 1 aromatic rings. The van der Waals surface area contributed by atoms with Gasteiger partial charge in [0.05, 0.1) is 5.41 Å². The zero-order chi connectivity index (χ0) is 16.9. The minimum atomic E-state index is -0.424. The Hall–Kier alpha value is -1.35. The van der Waals surface area contributed by atoms with E-state index in [9.17, 15) is 4.79 Å². The third-order valence-electron chi connectivity index (χ3n) is 7.47. The van der Waals surface area contributed by atoms with Crippen LogP contribution in [0.1, 0.15) is 56.9 Å². The highest BCUT2D eigenvalue weighted by molar-refractivity contribution is 5.78. The summed E-state index contributed by atoms with van der Waals surface area (Å²) in [6.45, 7) is 1.84. The van der Waals surface area contributed by atoms with Crippen LogP contribution in [0.15, 0.2) is 30.3 Å². The quantitative estimate of drug-likeness (QED) is 0.845. The lowest BCUT2D eigenvalue weighted by Gasteiger charge is -2.56. The summed E-state index contributed by atoms with van der Waals surface area (Å²) in [6, 6.07) is 10.4. The molecule has 134 valence electrons. The lowest BCUT2D eigenvalue weighted by Crippen LogP contribution is -2.53. The fourth-order valence-electron chi connectivity index (χ4n) is 6.67. The highest BCUT2D eigenvalue weighted by atomic mass is 16.6. The average Bonchev–Trinajstić information content (AvgIpc) is 2.62. The van der Waals surface area contributed by atoms with Crippen LogP contribution in [0.25, 0.3) is 0 Å². The minimum absolute atomic E-state index is 0.123. The van der Waals surface area contributed by atoms with E-state index in [0.29, 0.717) is 0 Å². The van der Waals surface area contributed by atoms with Gasteiger partial charge in [-0.3, -0.25) is 4.79 Å². The molecule has 0 atom stereocenters. The Labute approximate surface area is 150 Å². The summed E-state index contributed by atoms with van der Waals surface area (Å²) in [7, 11) is 0. The maximum atomic E-state index is 13.5. The molecule has 5 fully saturated rings. The van der Waals surface area contributed by atoms with E-state index in [4.69, 9.17) is 4.74 Å². The van der Waals surface area contributed by atoms with E-state index in [1.165, 1.54) is 24.8 Å². The third-order valence-corrected chi connectivity index (χ3v) is 7.47. The lowest BCUT2D eigenvalue weighted by atomic mass is 9.49. The Morgan fingerprint density at radius 2 is 1.48 bits per heavy atom. The molecule has 0 amide bonds. The number of nitrogens with one attached hydrogen (secondary N) is 1. The number of benzene rings is 1.